The number of nitrogens with zero attached hydrogens (tertiary/aromatic N) is 1. The molecule has 1 saturated heterocycles. The lowest BCUT2D eigenvalue weighted by Gasteiger charge is -2.35. The average Bonchev–Trinajstić information content (AvgIpc) is 2.29. The molecular weight excluding hydrogens is 228 g/mol. The van der Waals surface area contributed by atoms with Crippen molar-refractivity contribution in [1.29, 1.82) is 0 Å². The van der Waals surface area contributed by atoms with Gasteiger partial charge in [-0.2, -0.15) is 11.8 Å². The molecule has 0 spiro atoms. The molecular formula is C14H22N2S. The highest BCUT2D eigenvalue weighted by Gasteiger charge is 2.27. The third-order valence-corrected chi connectivity index (χ3v) is 4.80. The zero-order chi connectivity index (χ0) is 12.1. The molecule has 2 rings (SSSR count). The van der Waals surface area contributed by atoms with Gasteiger partial charge in [0.05, 0.1) is 0 Å². The molecule has 1 fully saturated rings. The fourth-order valence-electron chi connectivity index (χ4n) is 2.36. The van der Waals surface area contributed by atoms with Gasteiger partial charge in [0.2, 0.25) is 0 Å². The number of nitrogens with one attached hydrogen (secondary N) is 1. The van der Waals surface area contributed by atoms with Crippen molar-refractivity contribution in [2.45, 2.75) is 32.7 Å². The molecule has 0 aliphatic carbocycles. The maximum absolute atomic E-state index is 4.14. The number of thioether (sulfide) groups is 1. The minimum atomic E-state index is 0.495. The van der Waals surface area contributed by atoms with E-state index in [1.807, 2.05) is 18.5 Å². The molecule has 1 aromatic heterocycles. The Bertz CT molecular complexity index is 337. The quantitative estimate of drug-likeness (QED) is 0.889. The van der Waals surface area contributed by atoms with Gasteiger partial charge in [0.15, 0.2) is 0 Å². The van der Waals surface area contributed by atoms with Crippen molar-refractivity contribution in [2.75, 3.05) is 18.1 Å². The predicted octanol–water partition coefficient (Wildman–Crippen LogP) is 2.75. The summed E-state index contributed by atoms with van der Waals surface area (Å²) in [6, 6.07) is 4.84. The van der Waals surface area contributed by atoms with Crippen LogP contribution in [0.3, 0.4) is 0 Å². The summed E-state index contributed by atoms with van der Waals surface area (Å²) in [5, 5.41) is 3.68. The SMILES string of the molecule is CC1(C)CSCC(NCCc2cccnc2)C1. The van der Waals surface area contributed by atoms with Crippen LogP contribution in [0, 0.1) is 5.41 Å². The summed E-state index contributed by atoms with van der Waals surface area (Å²) in [5.41, 5.74) is 1.82. The van der Waals surface area contributed by atoms with Gasteiger partial charge in [-0.1, -0.05) is 19.9 Å². The van der Waals surface area contributed by atoms with E-state index in [-0.39, 0.29) is 0 Å². The van der Waals surface area contributed by atoms with E-state index < -0.39 is 0 Å². The zero-order valence-electron chi connectivity index (χ0n) is 10.8. The molecule has 0 aromatic carbocycles. The molecule has 2 nitrogen and oxygen atoms in total. The van der Waals surface area contributed by atoms with Gasteiger partial charge in [0.1, 0.15) is 0 Å². The minimum absolute atomic E-state index is 0.495. The van der Waals surface area contributed by atoms with Gasteiger partial charge < -0.3 is 5.32 Å². The summed E-state index contributed by atoms with van der Waals surface area (Å²) in [6.07, 6.45) is 6.17. The number of hydrogen-bond acceptors (Lipinski definition) is 3. The normalized spacial score (nSPS) is 23.5. The maximum Gasteiger partial charge on any atom is 0.0300 e. The standard InChI is InChI=1S/C14H22N2S/c1-14(2)8-13(10-17-11-14)16-7-5-12-4-3-6-15-9-12/h3-4,6,9,13,16H,5,7-8,10-11H2,1-2H3. The molecule has 94 valence electrons. The van der Waals surface area contributed by atoms with E-state index in [1.165, 1.54) is 23.5 Å². The molecule has 1 atom stereocenters. The van der Waals surface area contributed by atoms with Crippen molar-refractivity contribution in [3.8, 4) is 0 Å². The number of rotatable bonds is 4. The van der Waals surface area contributed by atoms with Crippen molar-refractivity contribution in [1.82, 2.24) is 10.3 Å². The van der Waals surface area contributed by atoms with Crippen LogP contribution < -0.4 is 5.32 Å². The molecule has 2 heterocycles. The Morgan fingerprint density at radius 1 is 1.53 bits per heavy atom. The van der Waals surface area contributed by atoms with Crippen molar-refractivity contribution in [3.05, 3.63) is 30.1 Å². The number of aromatic nitrogens is 1. The van der Waals surface area contributed by atoms with Crippen molar-refractivity contribution >= 4 is 11.8 Å². The van der Waals surface area contributed by atoms with Crippen LogP contribution in [0.25, 0.3) is 0 Å². The van der Waals surface area contributed by atoms with Crippen molar-refractivity contribution in [3.63, 3.8) is 0 Å². The Labute approximate surface area is 109 Å². The first kappa shape index (κ1) is 12.9. The Morgan fingerprint density at radius 2 is 2.41 bits per heavy atom. The smallest absolute Gasteiger partial charge is 0.0300 e. The van der Waals surface area contributed by atoms with Crippen LogP contribution in [-0.4, -0.2) is 29.1 Å². The lowest BCUT2D eigenvalue weighted by molar-refractivity contribution is 0.319. The molecule has 3 heteroatoms. The van der Waals surface area contributed by atoms with E-state index in [0.717, 1.165) is 13.0 Å². The molecule has 0 radical (unpaired) electrons. The van der Waals surface area contributed by atoms with E-state index in [4.69, 9.17) is 0 Å². The first-order chi connectivity index (χ1) is 8.16. The van der Waals surface area contributed by atoms with Gasteiger partial charge in [-0.3, -0.25) is 4.98 Å². The van der Waals surface area contributed by atoms with Gasteiger partial charge in [-0.05, 0) is 42.2 Å². The van der Waals surface area contributed by atoms with E-state index in [2.05, 4.69) is 42.0 Å². The summed E-state index contributed by atoms with van der Waals surface area (Å²) < 4.78 is 0. The largest absolute Gasteiger partial charge is 0.313 e. The van der Waals surface area contributed by atoms with Crippen LogP contribution in [-0.2, 0) is 6.42 Å². The maximum atomic E-state index is 4.14. The summed E-state index contributed by atoms with van der Waals surface area (Å²) >= 11 is 2.08. The zero-order valence-corrected chi connectivity index (χ0v) is 11.6. The summed E-state index contributed by atoms with van der Waals surface area (Å²) in [7, 11) is 0. The van der Waals surface area contributed by atoms with Crippen LogP contribution in [0.15, 0.2) is 24.5 Å². The number of pyridine rings is 1. The van der Waals surface area contributed by atoms with Gasteiger partial charge in [-0.15, -0.1) is 0 Å². The first-order valence-electron chi connectivity index (χ1n) is 6.36. The van der Waals surface area contributed by atoms with E-state index in [0.29, 0.717) is 11.5 Å². The van der Waals surface area contributed by atoms with Crippen molar-refractivity contribution in [2.24, 2.45) is 5.41 Å². The first-order valence-corrected chi connectivity index (χ1v) is 7.51. The minimum Gasteiger partial charge on any atom is -0.313 e. The third-order valence-electron chi connectivity index (χ3n) is 3.18. The van der Waals surface area contributed by atoms with E-state index >= 15 is 0 Å². The Morgan fingerprint density at radius 3 is 3.12 bits per heavy atom. The molecule has 0 bridgehead atoms. The molecule has 1 N–H and O–H groups in total. The van der Waals surface area contributed by atoms with Crippen LogP contribution in [0.4, 0.5) is 0 Å². The monoisotopic (exact) mass is 250 g/mol. The highest BCUT2D eigenvalue weighted by atomic mass is 32.2. The van der Waals surface area contributed by atoms with Gasteiger partial charge in [0.25, 0.3) is 0 Å². The van der Waals surface area contributed by atoms with Crippen LogP contribution in [0.1, 0.15) is 25.8 Å². The molecule has 17 heavy (non-hydrogen) atoms. The second-order valence-corrected chi connectivity index (χ2v) is 6.68. The van der Waals surface area contributed by atoms with Gasteiger partial charge >= 0.3 is 0 Å². The van der Waals surface area contributed by atoms with Crippen LogP contribution in [0.2, 0.25) is 0 Å². The highest BCUT2D eigenvalue weighted by molar-refractivity contribution is 7.99. The summed E-state index contributed by atoms with van der Waals surface area (Å²) in [4.78, 5) is 4.14. The Hall–Kier alpha value is -0.540. The fourth-order valence-corrected chi connectivity index (χ4v) is 3.67. The molecule has 1 aliphatic heterocycles. The van der Waals surface area contributed by atoms with Crippen LogP contribution >= 0.6 is 11.8 Å². The lowest BCUT2D eigenvalue weighted by atomic mass is 9.88. The Balaban J connectivity index is 1.72. The average molecular weight is 250 g/mol. The lowest BCUT2D eigenvalue weighted by Crippen LogP contribution is -2.41. The second kappa shape index (κ2) is 5.87. The molecule has 1 aliphatic rings. The third kappa shape index (κ3) is 4.32. The highest BCUT2D eigenvalue weighted by Crippen LogP contribution is 2.33. The molecule has 1 aromatic rings. The van der Waals surface area contributed by atoms with Crippen LogP contribution in [0.5, 0.6) is 0 Å². The van der Waals surface area contributed by atoms with Gasteiger partial charge in [0, 0.05) is 24.2 Å². The topological polar surface area (TPSA) is 24.9 Å². The Kier molecular flexibility index (Phi) is 4.46. The number of hydrogen-bond donors (Lipinski definition) is 1. The fraction of sp³-hybridized carbons (Fsp3) is 0.643. The molecule has 0 saturated carbocycles. The molecule has 0 amide bonds. The molecule has 1 unspecified atom stereocenters. The van der Waals surface area contributed by atoms with Gasteiger partial charge in [-0.25, -0.2) is 0 Å². The second-order valence-electron chi connectivity index (χ2n) is 5.65. The van der Waals surface area contributed by atoms with E-state index in [1.54, 1.807) is 0 Å². The van der Waals surface area contributed by atoms with Crippen molar-refractivity contribution < 1.29 is 0 Å². The predicted molar refractivity (Wildman–Crippen MR) is 75.5 cm³/mol. The summed E-state index contributed by atoms with van der Waals surface area (Å²) in [5.74, 6) is 2.56. The van der Waals surface area contributed by atoms with E-state index in [9.17, 15) is 0 Å². The summed E-state index contributed by atoms with van der Waals surface area (Å²) in [6.45, 7) is 5.80.